The lowest BCUT2D eigenvalue weighted by Crippen LogP contribution is -1.91. The van der Waals surface area contributed by atoms with Crippen molar-refractivity contribution in [2.24, 2.45) is 0 Å². The van der Waals surface area contributed by atoms with Gasteiger partial charge in [-0.15, -0.1) is 11.3 Å². The fraction of sp³-hybridized carbons (Fsp3) is 0.167. The van der Waals surface area contributed by atoms with E-state index in [0.717, 1.165) is 5.56 Å². The molecule has 0 bridgehead atoms. The first-order valence-corrected chi connectivity index (χ1v) is 7.22. The molecule has 0 spiro atoms. The highest BCUT2D eigenvalue weighted by Gasteiger charge is 2.16. The van der Waals surface area contributed by atoms with Gasteiger partial charge in [0, 0.05) is 9.75 Å². The number of aryl methyl sites for hydroxylation is 1. The Balaban J connectivity index is 2.41. The van der Waals surface area contributed by atoms with Gasteiger partial charge >= 0.3 is 0 Å². The molecule has 2 rings (SSSR count). The van der Waals surface area contributed by atoms with Gasteiger partial charge in [-0.3, -0.25) is 0 Å². The Kier molecular flexibility index (Phi) is 3.96. The molecule has 84 valence electrons. The predicted molar refractivity (Wildman–Crippen MR) is 76.3 cm³/mol. The minimum absolute atomic E-state index is 0.109. The van der Waals surface area contributed by atoms with E-state index in [4.69, 9.17) is 23.2 Å². The molecule has 0 N–H and O–H groups in total. The van der Waals surface area contributed by atoms with E-state index in [2.05, 4.69) is 35.0 Å². The van der Waals surface area contributed by atoms with Crippen LogP contribution in [-0.4, -0.2) is 0 Å². The molecular formula is C12H9BrCl2S. The van der Waals surface area contributed by atoms with Gasteiger partial charge in [0.05, 0.1) is 14.9 Å². The smallest absolute Gasteiger partial charge is 0.0753 e. The van der Waals surface area contributed by atoms with Gasteiger partial charge in [0.1, 0.15) is 0 Å². The monoisotopic (exact) mass is 334 g/mol. The first-order chi connectivity index (χ1) is 7.59. The number of rotatable bonds is 2. The number of thiophene rings is 1. The van der Waals surface area contributed by atoms with Crippen molar-refractivity contribution in [3.8, 4) is 0 Å². The number of benzene rings is 1. The predicted octanol–water partition coefficient (Wildman–Crippen LogP) is 5.85. The summed E-state index contributed by atoms with van der Waals surface area (Å²) in [7, 11) is 0. The summed E-state index contributed by atoms with van der Waals surface area (Å²) in [5, 5.41) is 1.22. The van der Waals surface area contributed by atoms with Gasteiger partial charge in [0.15, 0.2) is 0 Å². The fourth-order valence-electron chi connectivity index (χ4n) is 1.46. The van der Waals surface area contributed by atoms with Gasteiger partial charge < -0.3 is 0 Å². The van der Waals surface area contributed by atoms with Crippen molar-refractivity contribution >= 4 is 50.5 Å². The maximum absolute atomic E-state index is 6.19. The molecule has 1 aromatic heterocycles. The highest BCUT2D eigenvalue weighted by molar-refractivity contribution is 9.09. The maximum Gasteiger partial charge on any atom is 0.0753 e. The van der Waals surface area contributed by atoms with Crippen LogP contribution in [0.25, 0.3) is 0 Å². The van der Waals surface area contributed by atoms with Crippen LogP contribution in [0.1, 0.15) is 20.1 Å². The van der Waals surface area contributed by atoms with E-state index >= 15 is 0 Å². The second kappa shape index (κ2) is 5.09. The van der Waals surface area contributed by atoms with Crippen LogP contribution in [0.4, 0.5) is 0 Å². The third-order valence-corrected chi connectivity index (χ3v) is 5.45. The minimum Gasteiger partial charge on any atom is -0.144 e. The Morgan fingerprint density at radius 2 is 1.94 bits per heavy atom. The summed E-state index contributed by atoms with van der Waals surface area (Å²) >= 11 is 17.6. The molecule has 1 aromatic carbocycles. The third kappa shape index (κ3) is 2.45. The lowest BCUT2D eigenvalue weighted by molar-refractivity contribution is 1.23. The molecule has 1 atom stereocenters. The lowest BCUT2D eigenvalue weighted by atomic mass is 10.1. The Bertz CT molecular complexity index is 507. The van der Waals surface area contributed by atoms with E-state index in [-0.39, 0.29) is 4.83 Å². The zero-order valence-electron chi connectivity index (χ0n) is 8.51. The quantitative estimate of drug-likeness (QED) is 0.604. The maximum atomic E-state index is 6.19. The van der Waals surface area contributed by atoms with E-state index in [1.807, 2.05) is 12.1 Å². The fourth-order valence-corrected chi connectivity index (χ4v) is 3.70. The van der Waals surface area contributed by atoms with Gasteiger partial charge in [-0.05, 0) is 30.7 Å². The Morgan fingerprint density at radius 3 is 2.56 bits per heavy atom. The number of halogens is 3. The average molecular weight is 336 g/mol. The Hall–Kier alpha value is -0.0200. The zero-order valence-corrected chi connectivity index (χ0v) is 12.4. The highest BCUT2D eigenvalue weighted by atomic mass is 79.9. The topological polar surface area (TPSA) is 0 Å². The minimum atomic E-state index is 0.109. The molecule has 1 unspecified atom stereocenters. The van der Waals surface area contributed by atoms with Crippen LogP contribution >= 0.6 is 50.5 Å². The van der Waals surface area contributed by atoms with Crippen LogP contribution in [-0.2, 0) is 0 Å². The summed E-state index contributed by atoms with van der Waals surface area (Å²) in [4.78, 5) is 2.64. The highest BCUT2D eigenvalue weighted by Crippen LogP contribution is 2.40. The third-order valence-electron chi connectivity index (χ3n) is 2.27. The summed E-state index contributed by atoms with van der Waals surface area (Å²) in [6, 6.07) is 9.91. The van der Waals surface area contributed by atoms with Crippen molar-refractivity contribution < 1.29 is 0 Å². The Morgan fingerprint density at radius 1 is 1.19 bits per heavy atom. The van der Waals surface area contributed by atoms with Crippen LogP contribution in [0, 0.1) is 6.92 Å². The van der Waals surface area contributed by atoms with Crippen molar-refractivity contribution in [3.05, 3.63) is 55.7 Å². The van der Waals surface area contributed by atoms with E-state index < -0.39 is 0 Å². The van der Waals surface area contributed by atoms with Gasteiger partial charge in [0.2, 0.25) is 0 Å². The van der Waals surface area contributed by atoms with Gasteiger partial charge in [-0.25, -0.2) is 0 Å². The summed E-state index contributed by atoms with van der Waals surface area (Å²) in [6.45, 7) is 2.09. The molecule has 0 nitrogen and oxygen atoms in total. The molecule has 0 saturated carbocycles. The molecule has 0 aliphatic heterocycles. The molecule has 1 heterocycles. The van der Waals surface area contributed by atoms with Crippen molar-refractivity contribution in [1.29, 1.82) is 0 Å². The zero-order chi connectivity index (χ0) is 11.7. The first-order valence-electron chi connectivity index (χ1n) is 4.74. The number of alkyl halides is 1. The standard InChI is InChI=1S/C12H9BrCl2S/c1-7-5-6-10(16-7)11(13)8-3-2-4-9(14)12(8)15/h2-6,11H,1H3. The molecule has 0 aliphatic carbocycles. The van der Waals surface area contributed by atoms with Gasteiger partial charge in [0.25, 0.3) is 0 Å². The largest absolute Gasteiger partial charge is 0.144 e. The molecule has 0 radical (unpaired) electrons. The van der Waals surface area contributed by atoms with Crippen LogP contribution < -0.4 is 0 Å². The van der Waals surface area contributed by atoms with Crippen LogP contribution in [0.5, 0.6) is 0 Å². The molecule has 2 aromatic rings. The van der Waals surface area contributed by atoms with Crippen molar-refractivity contribution in [3.63, 3.8) is 0 Å². The van der Waals surface area contributed by atoms with Crippen LogP contribution in [0.3, 0.4) is 0 Å². The van der Waals surface area contributed by atoms with Crippen LogP contribution in [0.2, 0.25) is 10.0 Å². The summed E-state index contributed by atoms with van der Waals surface area (Å²) in [6.07, 6.45) is 0. The van der Waals surface area contributed by atoms with E-state index in [1.165, 1.54) is 9.75 Å². The van der Waals surface area contributed by atoms with E-state index in [0.29, 0.717) is 10.0 Å². The summed E-state index contributed by atoms with van der Waals surface area (Å²) < 4.78 is 0. The molecule has 0 saturated heterocycles. The molecule has 0 fully saturated rings. The normalized spacial score (nSPS) is 12.8. The van der Waals surface area contributed by atoms with Gasteiger partial charge in [-0.2, -0.15) is 0 Å². The van der Waals surface area contributed by atoms with Crippen molar-refractivity contribution in [2.75, 3.05) is 0 Å². The van der Waals surface area contributed by atoms with Crippen molar-refractivity contribution in [1.82, 2.24) is 0 Å². The second-order valence-corrected chi connectivity index (χ2v) is 6.47. The summed E-state index contributed by atoms with van der Waals surface area (Å²) in [5.74, 6) is 0. The number of hydrogen-bond acceptors (Lipinski definition) is 1. The van der Waals surface area contributed by atoms with Crippen molar-refractivity contribution in [2.45, 2.75) is 11.8 Å². The SMILES string of the molecule is Cc1ccc(C(Br)c2cccc(Cl)c2Cl)s1. The lowest BCUT2D eigenvalue weighted by Gasteiger charge is -2.11. The second-order valence-electron chi connectivity index (χ2n) is 3.45. The van der Waals surface area contributed by atoms with E-state index in [1.54, 1.807) is 17.4 Å². The molecule has 4 heteroatoms. The van der Waals surface area contributed by atoms with Gasteiger partial charge in [-0.1, -0.05) is 51.3 Å². The molecule has 0 amide bonds. The molecule has 0 aliphatic rings. The van der Waals surface area contributed by atoms with Crippen LogP contribution in [0.15, 0.2) is 30.3 Å². The molecule has 16 heavy (non-hydrogen) atoms. The average Bonchev–Trinajstić information content (AvgIpc) is 2.68. The Labute approximate surface area is 117 Å². The first kappa shape index (κ1) is 12.4. The number of hydrogen-bond donors (Lipinski definition) is 0. The van der Waals surface area contributed by atoms with E-state index in [9.17, 15) is 0 Å². The summed E-state index contributed by atoms with van der Waals surface area (Å²) in [5.41, 5.74) is 1.01. The molecular weight excluding hydrogens is 327 g/mol.